The standard InChI is InChI=1S/C12H9ClN4S/c1-7-2-3-8-9(6-7)16-12(15-8)18-10-4-5-14-11(13)17-10/h2-6H,1H3,(H,15,16). The van der Waals surface area contributed by atoms with Crippen molar-refractivity contribution in [3.05, 3.63) is 41.3 Å². The van der Waals surface area contributed by atoms with Crippen LogP contribution in [0.1, 0.15) is 5.56 Å². The van der Waals surface area contributed by atoms with E-state index in [2.05, 4.69) is 32.9 Å². The number of hydrogen-bond donors (Lipinski definition) is 1. The number of aryl methyl sites for hydroxylation is 1. The van der Waals surface area contributed by atoms with E-state index in [1.54, 1.807) is 12.3 Å². The van der Waals surface area contributed by atoms with Gasteiger partial charge in [0.1, 0.15) is 5.03 Å². The number of nitrogens with zero attached hydrogens (tertiary/aromatic N) is 3. The molecule has 3 rings (SSSR count). The van der Waals surface area contributed by atoms with E-state index in [0.717, 1.165) is 21.2 Å². The average Bonchev–Trinajstić information content (AvgIpc) is 2.70. The molecule has 0 atom stereocenters. The number of halogens is 1. The van der Waals surface area contributed by atoms with Gasteiger partial charge < -0.3 is 4.98 Å². The van der Waals surface area contributed by atoms with Crippen LogP contribution in [0.5, 0.6) is 0 Å². The quantitative estimate of drug-likeness (QED) is 0.575. The van der Waals surface area contributed by atoms with E-state index >= 15 is 0 Å². The van der Waals surface area contributed by atoms with Crippen LogP contribution in [-0.4, -0.2) is 19.9 Å². The first-order valence-corrected chi connectivity index (χ1v) is 6.53. The fourth-order valence-corrected chi connectivity index (χ4v) is 2.59. The molecule has 0 aliphatic heterocycles. The van der Waals surface area contributed by atoms with Crippen molar-refractivity contribution in [2.24, 2.45) is 0 Å². The lowest BCUT2D eigenvalue weighted by atomic mass is 10.2. The van der Waals surface area contributed by atoms with E-state index < -0.39 is 0 Å². The third-order valence-corrected chi connectivity index (χ3v) is 3.42. The molecule has 90 valence electrons. The second-order valence-electron chi connectivity index (χ2n) is 3.83. The van der Waals surface area contributed by atoms with Gasteiger partial charge in [-0.15, -0.1) is 0 Å². The van der Waals surface area contributed by atoms with Crippen LogP contribution in [0.15, 0.2) is 40.6 Å². The number of aromatic nitrogens is 4. The predicted octanol–water partition coefficient (Wildman–Crippen LogP) is 3.47. The van der Waals surface area contributed by atoms with Crippen LogP contribution in [0, 0.1) is 6.92 Å². The molecule has 0 amide bonds. The largest absolute Gasteiger partial charge is 0.333 e. The molecule has 3 aromatic rings. The molecular weight excluding hydrogens is 268 g/mol. The topological polar surface area (TPSA) is 54.5 Å². The SMILES string of the molecule is Cc1ccc2nc(Sc3ccnc(Cl)n3)[nH]c2c1. The van der Waals surface area contributed by atoms with Crippen molar-refractivity contribution in [3.8, 4) is 0 Å². The highest BCUT2D eigenvalue weighted by Crippen LogP contribution is 2.26. The van der Waals surface area contributed by atoms with Gasteiger partial charge in [-0.3, -0.25) is 0 Å². The summed E-state index contributed by atoms with van der Waals surface area (Å²) < 4.78 is 0. The minimum absolute atomic E-state index is 0.243. The third-order valence-electron chi connectivity index (χ3n) is 2.42. The van der Waals surface area contributed by atoms with E-state index in [4.69, 9.17) is 11.6 Å². The van der Waals surface area contributed by atoms with Crippen molar-refractivity contribution >= 4 is 34.4 Å². The van der Waals surface area contributed by atoms with Crippen LogP contribution in [0.25, 0.3) is 11.0 Å². The Balaban J connectivity index is 1.95. The molecule has 2 heterocycles. The fraction of sp³-hybridized carbons (Fsp3) is 0.0833. The van der Waals surface area contributed by atoms with Crippen LogP contribution in [0.3, 0.4) is 0 Å². The normalized spacial score (nSPS) is 11.0. The lowest BCUT2D eigenvalue weighted by Crippen LogP contribution is -1.84. The molecule has 1 aromatic carbocycles. The van der Waals surface area contributed by atoms with E-state index in [9.17, 15) is 0 Å². The first-order chi connectivity index (χ1) is 8.70. The molecular formula is C12H9ClN4S. The fourth-order valence-electron chi connectivity index (χ4n) is 1.62. The van der Waals surface area contributed by atoms with E-state index in [1.807, 2.05) is 12.1 Å². The minimum atomic E-state index is 0.243. The van der Waals surface area contributed by atoms with Crippen LogP contribution in [-0.2, 0) is 0 Å². The minimum Gasteiger partial charge on any atom is -0.333 e. The maximum Gasteiger partial charge on any atom is 0.223 e. The van der Waals surface area contributed by atoms with Crippen LogP contribution in [0.4, 0.5) is 0 Å². The summed E-state index contributed by atoms with van der Waals surface area (Å²) in [6, 6.07) is 7.91. The third kappa shape index (κ3) is 2.32. The van der Waals surface area contributed by atoms with Gasteiger partial charge in [-0.25, -0.2) is 15.0 Å². The highest BCUT2D eigenvalue weighted by atomic mass is 35.5. The second-order valence-corrected chi connectivity index (χ2v) is 5.18. The highest BCUT2D eigenvalue weighted by molar-refractivity contribution is 7.99. The monoisotopic (exact) mass is 276 g/mol. The maximum atomic E-state index is 5.74. The molecule has 0 aliphatic rings. The molecule has 0 radical (unpaired) electrons. The summed E-state index contributed by atoms with van der Waals surface area (Å²) in [6.45, 7) is 2.05. The number of benzene rings is 1. The second kappa shape index (κ2) is 4.59. The highest BCUT2D eigenvalue weighted by Gasteiger charge is 2.06. The van der Waals surface area contributed by atoms with Gasteiger partial charge in [0.25, 0.3) is 0 Å². The van der Waals surface area contributed by atoms with Crippen LogP contribution < -0.4 is 0 Å². The van der Waals surface area contributed by atoms with Crippen molar-refractivity contribution in [3.63, 3.8) is 0 Å². The van der Waals surface area contributed by atoms with Crippen molar-refractivity contribution < 1.29 is 0 Å². The molecule has 18 heavy (non-hydrogen) atoms. The smallest absolute Gasteiger partial charge is 0.223 e. The number of H-pyrrole nitrogens is 1. The summed E-state index contributed by atoms with van der Waals surface area (Å²) in [6.07, 6.45) is 1.63. The summed E-state index contributed by atoms with van der Waals surface area (Å²) in [7, 11) is 0. The van der Waals surface area contributed by atoms with E-state index in [-0.39, 0.29) is 5.28 Å². The zero-order chi connectivity index (χ0) is 12.5. The van der Waals surface area contributed by atoms with Gasteiger partial charge in [-0.2, -0.15) is 0 Å². The maximum absolute atomic E-state index is 5.74. The molecule has 6 heteroatoms. The van der Waals surface area contributed by atoms with Gasteiger partial charge >= 0.3 is 0 Å². The van der Waals surface area contributed by atoms with Gasteiger partial charge in [0.2, 0.25) is 5.28 Å². The Morgan fingerprint density at radius 2 is 2.11 bits per heavy atom. The van der Waals surface area contributed by atoms with Gasteiger partial charge in [-0.05, 0) is 54.0 Å². The summed E-state index contributed by atoms with van der Waals surface area (Å²) >= 11 is 7.18. The Morgan fingerprint density at radius 3 is 2.94 bits per heavy atom. The predicted molar refractivity (Wildman–Crippen MR) is 72.0 cm³/mol. The van der Waals surface area contributed by atoms with E-state index in [0.29, 0.717) is 0 Å². The molecule has 0 unspecified atom stereocenters. The lowest BCUT2D eigenvalue weighted by Gasteiger charge is -1.95. The molecule has 1 N–H and O–H groups in total. The first kappa shape index (κ1) is 11.5. The number of fused-ring (bicyclic) bond motifs is 1. The summed E-state index contributed by atoms with van der Waals surface area (Å²) in [5.41, 5.74) is 3.17. The summed E-state index contributed by atoms with van der Waals surface area (Å²) in [4.78, 5) is 15.7. The van der Waals surface area contributed by atoms with Crippen molar-refractivity contribution in [1.82, 2.24) is 19.9 Å². The van der Waals surface area contributed by atoms with E-state index in [1.165, 1.54) is 17.3 Å². The number of hydrogen-bond acceptors (Lipinski definition) is 4. The zero-order valence-electron chi connectivity index (χ0n) is 9.51. The Morgan fingerprint density at radius 1 is 1.22 bits per heavy atom. The van der Waals surface area contributed by atoms with Crippen LogP contribution in [0.2, 0.25) is 5.28 Å². The Hall–Kier alpha value is -1.59. The number of nitrogens with one attached hydrogen (secondary N) is 1. The van der Waals surface area contributed by atoms with Crippen molar-refractivity contribution in [2.75, 3.05) is 0 Å². The van der Waals surface area contributed by atoms with Crippen LogP contribution >= 0.6 is 23.4 Å². The number of imidazole rings is 1. The molecule has 0 saturated heterocycles. The average molecular weight is 277 g/mol. The van der Waals surface area contributed by atoms with Crippen molar-refractivity contribution in [2.45, 2.75) is 17.1 Å². The molecule has 0 saturated carbocycles. The Bertz CT molecular complexity index is 710. The number of aromatic amines is 1. The molecule has 0 spiro atoms. The van der Waals surface area contributed by atoms with Gasteiger partial charge in [0.15, 0.2) is 5.16 Å². The summed E-state index contributed by atoms with van der Waals surface area (Å²) in [5, 5.41) is 1.81. The molecule has 4 nitrogen and oxygen atoms in total. The van der Waals surface area contributed by atoms with Gasteiger partial charge in [-0.1, -0.05) is 6.07 Å². The van der Waals surface area contributed by atoms with Gasteiger partial charge in [0.05, 0.1) is 11.0 Å². The molecule has 0 aliphatic carbocycles. The zero-order valence-corrected chi connectivity index (χ0v) is 11.1. The molecule has 2 aromatic heterocycles. The number of rotatable bonds is 2. The van der Waals surface area contributed by atoms with Crippen molar-refractivity contribution in [1.29, 1.82) is 0 Å². The Labute approximate surface area is 113 Å². The van der Waals surface area contributed by atoms with Gasteiger partial charge in [0, 0.05) is 6.20 Å². The first-order valence-electron chi connectivity index (χ1n) is 5.33. The molecule has 0 fully saturated rings. The Kier molecular flexibility index (Phi) is 2.93. The lowest BCUT2D eigenvalue weighted by molar-refractivity contribution is 1.02. The molecule has 0 bridgehead atoms. The summed E-state index contributed by atoms with van der Waals surface area (Å²) in [5.74, 6) is 0.